The number of aromatic nitrogens is 1. The molecule has 0 fully saturated rings. The molecule has 2 rings (SSSR count). The number of nitrogens with zero attached hydrogens (tertiary/aromatic N) is 2. The fraction of sp³-hybridized carbons (Fsp3) is 0.200. The molecule has 1 atom stereocenters. The van der Waals surface area contributed by atoms with Crippen LogP contribution in [0.25, 0.3) is 0 Å². The lowest BCUT2D eigenvalue weighted by molar-refractivity contribution is -0.384. The first kappa shape index (κ1) is 20.7. The number of carbonyl (C=O) groups is 1. The van der Waals surface area contributed by atoms with Crippen molar-refractivity contribution in [2.24, 2.45) is 0 Å². The second-order valence-electron chi connectivity index (χ2n) is 4.56. The van der Waals surface area contributed by atoms with E-state index in [1.165, 1.54) is 33.7 Å². The smallest absolute Gasteiger partial charge is 0.450 e. The summed E-state index contributed by atoms with van der Waals surface area (Å²) >= 11 is 0. The zero-order valence-corrected chi connectivity index (χ0v) is 14.7. The van der Waals surface area contributed by atoms with Gasteiger partial charge in [-0.15, -0.1) is 0 Å². The Morgan fingerprint density at radius 1 is 1.24 bits per heavy atom. The Morgan fingerprint density at radius 3 is 2.28 bits per heavy atom. The van der Waals surface area contributed by atoms with Gasteiger partial charge in [0, 0.05) is 18.3 Å². The van der Waals surface area contributed by atoms with Gasteiger partial charge in [0.05, 0.1) is 4.92 Å². The average molecular weight is 384 g/mol. The summed E-state index contributed by atoms with van der Waals surface area (Å²) in [6.07, 6.45) is 0.342. The van der Waals surface area contributed by atoms with Gasteiger partial charge in [0.1, 0.15) is 9.96 Å². The molecule has 8 nitrogen and oxygen atoms in total. The maximum atomic E-state index is 10.7. The van der Waals surface area contributed by atoms with E-state index in [0.717, 1.165) is 5.03 Å². The summed E-state index contributed by atoms with van der Waals surface area (Å²) in [4.78, 5) is 21.8. The van der Waals surface area contributed by atoms with Crippen molar-refractivity contribution in [3.05, 3.63) is 64.3 Å². The minimum absolute atomic E-state index is 0.0135. The molecule has 3 N–H and O–H groups in total. The summed E-state index contributed by atoms with van der Waals surface area (Å²) in [7, 11) is 2.66. The van der Waals surface area contributed by atoms with Crippen LogP contribution in [0.15, 0.2) is 53.7 Å². The van der Waals surface area contributed by atoms with Gasteiger partial charge in [0.2, 0.25) is 0 Å². The molecule has 0 spiro atoms. The Balaban J connectivity index is 0.000000705. The van der Waals surface area contributed by atoms with Gasteiger partial charge in [-0.1, -0.05) is 13.0 Å². The number of aliphatic hydroxyl groups is 1. The minimum atomic E-state index is -1.83. The molecule has 0 saturated heterocycles. The SMILES string of the molecule is CCC(O)(SSc1ccccn1)c1ccc([N+](=O)[O-])cc1.O=C(O)O. The first-order valence-electron chi connectivity index (χ1n) is 6.94. The molecule has 0 saturated carbocycles. The lowest BCUT2D eigenvalue weighted by atomic mass is 10.1. The number of non-ortho nitro benzene ring substituents is 1. The average Bonchev–Trinajstić information content (AvgIpc) is 2.60. The van der Waals surface area contributed by atoms with Gasteiger partial charge >= 0.3 is 6.16 Å². The van der Waals surface area contributed by atoms with Crippen LogP contribution in [0.3, 0.4) is 0 Å². The Hall–Kier alpha value is -2.30. The predicted molar refractivity (Wildman–Crippen MR) is 95.6 cm³/mol. The number of nitro groups is 1. The van der Waals surface area contributed by atoms with E-state index in [-0.39, 0.29) is 5.69 Å². The van der Waals surface area contributed by atoms with E-state index in [0.29, 0.717) is 12.0 Å². The Kier molecular flexibility index (Phi) is 8.19. The van der Waals surface area contributed by atoms with Crippen LogP contribution in [-0.4, -0.2) is 31.4 Å². The minimum Gasteiger partial charge on any atom is -0.450 e. The van der Waals surface area contributed by atoms with Crippen LogP contribution in [-0.2, 0) is 4.93 Å². The van der Waals surface area contributed by atoms with Crippen LogP contribution in [0.5, 0.6) is 0 Å². The molecule has 1 aromatic heterocycles. The van der Waals surface area contributed by atoms with Gasteiger partial charge in [0.15, 0.2) is 0 Å². The second kappa shape index (κ2) is 9.87. The number of hydrogen-bond acceptors (Lipinski definition) is 7. The number of hydrogen-bond donors (Lipinski definition) is 3. The van der Waals surface area contributed by atoms with E-state index in [2.05, 4.69) is 4.98 Å². The zero-order valence-electron chi connectivity index (χ0n) is 13.1. The molecule has 134 valence electrons. The topological polar surface area (TPSA) is 134 Å². The summed E-state index contributed by atoms with van der Waals surface area (Å²) in [5.74, 6) is 0. The third-order valence-electron chi connectivity index (χ3n) is 2.91. The number of pyridine rings is 1. The van der Waals surface area contributed by atoms with Crippen molar-refractivity contribution in [2.45, 2.75) is 23.3 Å². The molecule has 0 radical (unpaired) electrons. The molecule has 10 heteroatoms. The molecular weight excluding hydrogens is 368 g/mol. The van der Waals surface area contributed by atoms with Crippen molar-refractivity contribution in [3.8, 4) is 0 Å². The highest BCUT2D eigenvalue weighted by Crippen LogP contribution is 2.46. The third kappa shape index (κ3) is 6.99. The van der Waals surface area contributed by atoms with Gasteiger partial charge in [0.25, 0.3) is 5.69 Å². The molecule has 0 amide bonds. The van der Waals surface area contributed by atoms with E-state index in [1.54, 1.807) is 18.3 Å². The predicted octanol–water partition coefficient (Wildman–Crippen LogP) is 4.21. The fourth-order valence-corrected chi connectivity index (χ4v) is 4.08. The molecule has 1 heterocycles. The molecule has 0 aliphatic rings. The van der Waals surface area contributed by atoms with Crippen LogP contribution < -0.4 is 0 Å². The summed E-state index contributed by atoms with van der Waals surface area (Å²) in [5.41, 5.74) is 0.656. The van der Waals surface area contributed by atoms with Crippen molar-refractivity contribution >= 4 is 33.4 Å². The van der Waals surface area contributed by atoms with Crippen molar-refractivity contribution < 1.29 is 25.0 Å². The largest absolute Gasteiger partial charge is 0.503 e. The summed E-state index contributed by atoms with van der Waals surface area (Å²) in [5, 5.41) is 36.1. The van der Waals surface area contributed by atoms with E-state index in [1.807, 2.05) is 25.1 Å². The van der Waals surface area contributed by atoms with Crippen LogP contribution in [0.2, 0.25) is 0 Å². The highest BCUT2D eigenvalue weighted by molar-refractivity contribution is 8.76. The number of carboxylic acid groups (broad SMARTS) is 2. The van der Waals surface area contributed by atoms with Crippen LogP contribution in [0.1, 0.15) is 18.9 Å². The number of nitro benzene ring substituents is 1. The number of benzene rings is 1. The van der Waals surface area contributed by atoms with E-state index in [4.69, 9.17) is 15.0 Å². The van der Waals surface area contributed by atoms with E-state index in [9.17, 15) is 15.2 Å². The first-order valence-corrected chi connectivity index (χ1v) is 9.09. The van der Waals surface area contributed by atoms with Gasteiger partial charge in [-0.05, 0) is 57.8 Å². The summed E-state index contributed by atoms with van der Waals surface area (Å²) in [6, 6.07) is 11.6. The first-order chi connectivity index (χ1) is 11.8. The highest BCUT2D eigenvalue weighted by atomic mass is 33.1. The molecule has 25 heavy (non-hydrogen) atoms. The highest BCUT2D eigenvalue weighted by Gasteiger charge is 2.29. The molecular formula is C15H16N2O6S2. The molecule has 2 aromatic rings. The lowest BCUT2D eigenvalue weighted by Gasteiger charge is -2.25. The Morgan fingerprint density at radius 2 is 1.84 bits per heavy atom. The van der Waals surface area contributed by atoms with Crippen LogP contribution in [0.4, 0.5) is 10.5 Å². The number of rotatable bonds is 6. The van der Waals surface area contributed by atoms with Gasteiger partial charge in [-0.3, -0.25) is 10.1 Å². The second-order valence-corrected chi connectivity index (χ2v) is 6.99. The maximum absolute atomic E-state index is 10.7. The van der Waals surface area contributed by atoms with Crippen LogP contribution >= 0.6 is 21.6 Å². The zero-order chi connectivity index (χ0) is 18.9. The summed E-state index contributed by atoms with van der Waals surface area (Å²) < 4.78 is 0. The monoisotopic (exact) mass is 384 g/mol. The summed E-state index contributed by atoms with van der Waals surface area (Å²) in [6.45, 7) is 1.87. The van der Waals surface area contributed by atoms with Gasteiger partial charge in [-0.25, -0.2) is 9.78 Å². The van der Waals surface area contributed by atoms with Crippen molar-refractivity contribution in [3.63, 3.8) is 0 Å². The van der Waals surface area contributed by atoms with Crippen molar-refractivity contribution in [2.75, 3.05) is 0 Å². The quantitative estimate of drug-likeness (QED) is 0.290. The Bertz CT molecular complexity index is 695. The molecule has 0 aliphatic carbocycles. The normalized spacial score (nSPS) is 12.4. The maximum Gasteiger partial charge on any atom is 0.503 e. The van der Waals surface area contributed by atoms with Gasteiger partial charge in [-0.2, -0.15) is 0 Å². The van der Waals surface area contributed by atoms with Gasteiger partial charge < -0.3 is 15.3 Å². The van der Waals surface area contributed by atoms with E-state index >= 15 is 0 Å². The molecule has 1 unspecified atom stereocenters. The van der Waals surface area contributed by atoms with Crippen molar-refractivity contribution in [1.82, 2.24) is 4.98 Å². The molecule has 1 aromatic carbocycles. The lowest BCUT2D eigenvalue weighted by Crippen LogP contribution is -2.18. The van der Waals surface area contributed by atoms with E-state index < -0.39 is 16.0 Å². The third-order valence-corrected chi connectivity index (χ3v) is 5.80. The fourth-order valence-electron chi connectivity index (χ4n) is 1.66. The van der Waals surface area contributed by atoms with Crippen molar-refractivity contribution in [1.29, 1.82) is 0 Å². The Labute approximate surface area is 151 Å². The van der Waals surface area contributed by atoms with Crippen LogP contribution in [0, 0.1) is 10.1 Å². The molecule has 0 bridgehead atoms. The standard InChI is InChI=1S/C14H14N2O3S2.CH2O3/c1-2-14(17,21-20-13-5-3-4-10-15-13)11-6-8-12(9-7-11)16(18)19;2-1(3)4/h3-10,17H,2H2,1H3;(H2,2,3,4). The molecule has 0 aliphatic heterocycles.